The van der Waals surface area contributed by atoms with E-state index in [1.807, 2.05) is 0 Å². The Balaban J connectivity index is 2.28. The summed E-state index contributed by atoms with van der Waals surface area (Å²) in [4.78, 5) is 12.5. The highest BCUT2D eigenvalue weighted by molar-refractivity contribution is 5.88. The number of carboxylic acid groups (broad SMARTS) is 1. The Kier molecular flexibility index (Phi) is 3.73. The summed E-state index contributed by atoms with van der Waals surface area (Å²) >= 11 is 0. The van der Waals surface area contributed by atoms with Crippen LogP contribution in [0.15, 0.2) is 12.1 Å². The zero-order valence-electron chi connectivity index (χ0n) is 11.0. The molecule has 0 aromatic heterocycles. The lowest BCUT2D eigenvalue weighted by atomic mass is 9.95. The number of nitrogens with zero attached hydrogens (tertiary/aromatic N) is 1. The van der Waals surface area contributed by atoms with Crippen molar-refractivity contribution < 1.29 is 18.7 Å². The Hall–Kier alpha value is -1.65. The van der Waals surface area contributed by atoms with E-state index in [0.29, 0.717) is 24.9 Å². The number of carboxylic acids is 1. The summed E-state index contributed by atoms with van der Waals surface area (Å²) in [6.07, 6.45) is 0.944. The second-order valence-corrected chi connectivity index (χ2v) is 5.30. The molecule has 1 atom stereocenters. The summed E-state index contributed by atoms with van der Waals surface area (Å²) < 4.78 is 27.6. The molecule has 0 saturated carbocycles. The van der Waals surface area contributed by atoms with Gasteiger partial charge in [0, 0.05) is 13.1 Å². The Labute approximate surface area is 110 Å². The predicted octanol–water partition coefficient (Wildman–Crippen LogP) is 3.15. The van der Waals surface area contributed by atoms with Crippen LogP contribution in [-0.2, 0) is 0 Å². The topological polar surface area (TPSA) is 40.5 Å². The van der Waals surface area contributed by atoms with E-state index in [1.165, 1.54) is 6.07 Å². The fraction of sp³-hybridized carbons (Fsp3) is 0.500. The van der Waals surface area contributed by atoms with Gasteiger partial charge in [0.05, 0.1) is 11.3 Å². The van der Waals surface area contributed by atoms with Crippen molar-refractivity contribution in [3.8, 4) is 0 Å². The van der Waals surface area contributed by atoms with Gasteiger partial charge in [0.2, 0.25) is 0 Å². The van der Waals surface area contributed by atoms with Gasteiger partial charge in [-0.1, -0.05) is 13.8 Å². The first-order chi connectivity index (χ1) is 8.91. The van der Waals surface area contributed by atoms with Gasteiger partial charge in [-0.05, 0) is 30.4 Å². The van der Waals surface area contributed by atoms with Gasteiger partial charge in [0.25, 0.3) is 0 Å². The summed E-state index contributed by atoms with van der Waals surface area (Å²) in [6.45, 7) is 5.57. The van der Waals surface area contributed by atoms with Gasteiger partial charge >= 0.3 is 5.97 Å². The Morgan fingerprint density at radius 3 is 2.58 bits per heavy atom. The Bertz CT molecular complexity index is 502. The second kappa shape index (κ2) is 5.15. The third-order valence-electron chi connectivity index (χ3n) is 3.80. The van der Waals surface area contributed by atoms with Crippen molar-refractivity contribution in [2.24, 2.45) is 11.8 Å². The van der Waals surface area contributed by atoms with Gasteiger partial charge in [-0.15, -0.1) is 0 Å². The van der Waals surface area contributed by atoms with Gasteiger partial charge in [0.15, 0.2) is 11.6 Å². The maximum absolute atomic E-state index is 13.9. The van der Waals surface area contributed by atoms with Crippen LogP contribution in [0.3, 0.4) is 0 Å². The van der Waals surface area contributed by atoms with E-state index in [0.717, 1.165) is 12.5 Å². The number of halogens is 2. The standard InChI is InChI=1S/C14H17F2NO2/c1-8(2)9-5-6-17(7-9)11-4-3-10(14(18)19)12(15)13(11)16/h3-4,8-9H,5-7H2,1-2H3,(H,18,19). The normalized spacial score (nSPS) is 19.2. The average Bonchev–Trinajstić information content (AvgIpc) is 2.81. The maximum Gasteiger partial charge on any atom is 0.338 e. The quantitative estimate of drug-likeness (QED) is 0.916. The largest absolute Gasteiger partial charge is 0.478 e. The summed E-state index contributed by atoms with van der Waals surface area (Å²) in [5, 5.41) is 8.74. The van der Waals surface area contributed by atoms with Crippen molar-refractivity contribution in [1.29, 1.82) is 0 Å². The lowest BCUT2D eigenvalue weighted by Crippen LogP contribution is -2.23. The second-order valence-electron chi connectivity index (χ2n) is 5.30. The first kappa shape index (κ1) is 13.8. The number of hydrogen-bond acceptors (Lipinski definition) is 2. The van der Waals surface area contributed by atoms with E-state index in [4.69, 9.17) is 5.11 Å². The zero-order valence-corrected chi connectivity index (χ0v) is 11.0. The fourth-order valence-corrected chi connectivity index (χ4v) is 2.50. The number of carbonyl (C=O) groups is 1. The maximum atomic E-state index is 13.9. The molecule has 104 valence electrons. The molecule has 3 nitrogen and oxygen atoms in total. The summed E-state index contributed by atoms with van der Waals surface area (Å²) in [6, 6.07) is 2.48. The molecule has 1 fully saturated rings. The number of hydrogen-bond donors (Lipinski definition) is 1. The van der Waals surface area contributed by atoms with Crippen LogP contribution >= 0.6 is 0 Å². The van der Waals surface area contributed by atoms with Gasteiger partial charge in [0.1, 0.15) is 0 Å². The minimum absolute atomic E-state index is 0.158. The van der Waals surface area contributed by atoms with Crippen molar-refractivity contribution in [2.45, 2.75) is 20.3 Å². The van der Waals surface area contributed by atoms with E-state index >= 15 is 0 Å². The first-order valence-electron chi connectivity index (χ1n) is 6.38. The zero-order chi connectivity index (χ0) is 14.2. The molecule has 5 heteroatoms. The summed E-state index contributed by atoms with van der Waals surface area (Å²) in [5.74, 6) is -2.84. The van der Waals surface area contributed by atoms with Crippen molar-refractivity contribution in [3.63, 3.8) is 0 Å². The van der Waals surface area contributed by atoms with Crippen LogP contribution in [0.5, 0.6) is 0 Å². The van der Waals surface area contributed by atoms with Gasteiger partial charge in [-0.2, -0.15) is 0 Å². The molecule has 0 bridgehead atoms. The fourth-order valence-electron chi connectivity index (χ4n) is 2.50. The minimum Gasteiger partial charge on any atom is -0.478 e. The molecule has 1 saturated heterocycles. The average molecular weight is 269 g/mol. The SMILES string of the molecule is CC(C)C1CCN(c2ccc(C(=O)O)c(F)c2F)C1. The summed E-state index contributed by atoms with van der Waals surface area (Å²) in [7, 11) is 0. The number of anilines is 1. The molecular formula is C14H17F2NO2. The molecule has 1 aromatic carbocycles. The minimum atomic E-state index is -1.45. The molecule has 0 spiro atoms. The molecule has 0 aliphatic carbocycles. The van der Waals surface area contributed by atoms with Crippen molar-refractivity contribution in [3.05, 3.63) is 29.3 Å². The number of benzene rings is 1. The van der Waals surface area contributed by atoms with E-state index in [9.17, 15) is 13.6 Å². The predicted molar refractivity (Wildman–Crippen MR) is 68.5 cm³/mol. The highest BCUT2D eigenvalue weighted by atomic mass is 19.2. The molecule has 0 amide bonds. The van der Waals surface area contributed by atoms with E-state index in [-0.39, 0.29) is 5.69 Å². The number of aromatic carboxylic acids is 1. The molecule has 19 heavy (non-hydrogen) atoms. The lowest BCUT2D eigenvalue weighted by Gasteiger charge is -2.21. The third-order valence-corrected chi connectivity index (χ3v) is 3.80. The van der Waals surface area contributed by atoms with Crippen LogP contribution in [0.2, 0.25) is 0 Å². The van der Waals surface area contributed by atoms with Gasteiger partial charge in [-0.25, -0.2) is 13.6 Å². The van der Waals surface area contributed by atoms with E-state index in [1.54, 1.807) is 4.90 Å². The molecule has 2 rings (SSSR count). The highest BCUT2D eigenvalue weighted by Gasteiger charge is 2.28. The molecule has 1 aliphatic heterocycles. The smallest absolute Gasteiger partial charge is 0.338 e. The van der Waals surface area contributed by atoms with E-state index in [2.05, 4.69) is 13.8 Å². The van der Waals surface area contributed by atoms with Crippen LogP contribution in [0.1, 0.15) is 30.6 Å². The molecule has 1 unspecified atom stereocenters. The molecule has 1 aliphatic rings. The Morgan fingerprint density at radius 1 is 1.37 bits per heavy atom. The van der Waals surface area contributed by atoms with E-state index < -0.39 is 23.2 Å². The Morgan fingerprint density at radius 2 is 2.05 bits per heavy atom. The molecule has 1 N–H and O–H groups in total. The van der Waals surface area contributed by atoms with Gasteiger partial charge < -0.3 is 10.0 Å². The van der Waals surface area contributed by atoms with Crippen molar-refractivity contribution in [1.82, 2.24) is 0 Å². The highest BCUT2D eigenvalue weighted by Crippen LogP contribution is 2.31. The monoisotopic (exact) mass is 269 g/mol. The van der Waals surface area contributed by atoms with Crippen LogP contribution in [0.4, 0.5) is 14.5 Å². The van der Waals surface area contributed by atoms with Crippen LogP contribution in [-0.4, -0.2) is 24.2 Å². The molecular weight excluding hydrogens is 252 g/mol. The van der Waals surface area contributed by atoms with Crippen molar-refractivity contribution in [2.75, 3.05) is 18.0 Å². The van der Waals surface area contributed by atoms with Gasteiger partial charge in [-0.3, -0.25) is 0 Å². The molecule has 1 heterocycles. The van der Waals surface area contributed by atoms with Crippen LogP contribution in [0, 0.1) is 23.5 Å². The molecule has 0 radical (unpaired) electrons. The third kappa shape index (κ3) is 2.55. The summed E-state index contributed by atoms with van der Waals surface area (Å²) in [5.41, 5.74) is -0.466. The van der Waals surface area contributed by atoms with Crippen LogP contribution < -0.4 is 4.90 Å². The lowest BCUT2D eigenvalue weighted by molar-refractivity contribution is 0.0690. The van der Waals surface area contributed by atoms with Crippen LogP contribution in [0.25, 0.3) is 0 Å². The number of rotatable bonds is 3. The molecule has 1 aromatic rings. The van der Waals surface area contributed by atoms with Crippen molar-refractivity contribution >= 4 is 11.7 Å². The first-order valence-corrected chi connectivity index (χ1v) is 6.38.